The molecule has 1 unspecified atom stereocenters. The highest BCUT2D eigenvalue weighted by atomic mass is 32.2. The molecule has 0 saturated carbocycles. The lowest BCUT2D eigenvalue weighted by atomic mass is 9.99. The van der Waals surface area contributed by atoms with Gasteiger partial charge in [0.15, 0.2) is 0 Å². The Morgan fingerprint density at radius 3 is 2.62 bits per heavy atom. The summed E-state index contributed by atoms with van der Waals surface area (Å²) in [7, 11) is -2.19. The van der Waals surface area contributed by atoms with E-state index in [1.165, 1.54) is 23.5 Å². The van der Waals surface area contributed by atoms with Crippen LogP contribution in [0.25, 0.3) is 0 Å². The first-order valence-electron chi connectivity index (χ1n) is 8.64. The molecule has 0 radical (unpaired) electrons. The van der Waals surface area contributed by atoms with E-state index in [0.29, 0.717) is 17.9 Å². The third-order valence-electron chi connectivity index (χ3n) is 4.55. The molecule has 0 aromatic heterocycles. The second-order valence-electron chi connectivity index (χ2n) is 6.37. The number of nitrogens with zero attached hydrogens (tertiary/aromatic N) is 1. The summed E-state index contributed by atoms with van der Waals surface area (Å²) in [6.07, 6.45) is 1.81. The van der Waals surface area contributed by atoms with E-state index in [9.17, 15) is 13.2 Å². The zero-order valence-corrected chi connectivity index (χ0v) is 15.5. The fourth-order valence-electron chi connectivity index (χ4n) is 2.99. The predicted molar refractivity (Wildman–Crippen MR) is 103 cm³/mol. The van der Waals surface area contributed by atoms with E-state index in [2.05, 4.69) is 10.6 Å². The minimum atomic E-state index is -3.71. The molecule has 1 saturated heterocycles. The average Bonchev–Trinajstić information content (AvgIpc) is 2.69. The van der Waals surface area contributed by atoms with Gasteiger partial charge in [0.2, 0.25) is 5.91 Å². The first-order chi connectivity index (χ1) is 12.5. The standard InChI is InChI=1S/C19H23N3O3S/c1-22(17-9-3-2-4-10-17)26(24,25)18-11-5-8-16(13-18)21-19(23)15-7-6-12-20-14-15/h2-5,8-11,13,15,20H,6-7,12,14H2,1H3,(H,21,23). The highest BCUT2D eigenvalue weighted by Gasteiger charge is 2.23. The number of hydrogen-bond donors (Lipinski definition) is 2. The summed E-state index contributed by atoms with van der Waals surface area (Å²) in [6, 6.07) is 15.3. The zero-order chi connectivity index (χ0) is 18.6. The lowest BCUT2D eigenvalue weighted by Gasteiger charge is -2.22. The molecular formula is C19H23N3O3S. The van der Waals surface area contributed by atoms with Gasteiger partial charge in [-0.2, -0.15) is 0 Å². The van der Waals surface area contributed by atoms with E-state index >= 15 is 0 Å². The van der Waals surface area contributed by atoms with E-state index in [4.69, 9.17) is 0 Å². The molecule has 1 atom stereocenters. The van der Waals surface area contributed by atoms with Crippen LogP contribution in [0, 0.1) is 5.92 Å². The summed E-state index contributed by atoms with van der Waals surface area (Å²) in [5, 5.41) is 6.05. The van der Waals surface area contributed by atoms with Gasteiger partial charge in [0.05, 0.1) is 16.5 Å². The normalized spacial score (nSPS) is 17.5. The lowest BCUT2D eigenvalue weighted by Crippen LogP contribution is -2.37. The molecule has 0 spiro atoms. The fourth-order valence-corrected chi connectivity index (χ4v) is 4.23. The van der Waals surface area contributed by atoms with Crippen molar-refractivity contribution < 1.29 is 13.2 Å². The Labute approximate surface area is 154 Å². The van der Waals surface area contributed by atoms with Crippen molar-refractivity contribution in [2.45, 2.75) is 17.7 Å². The van der Waals surface area contributed by atoms with Crippen LogP contribution in [0.1, 0.15) is 12.8 Å². The Morgan fingerprint density at radius 1 is 1.15 bits per heavy atom. The van der Waals surface area contributed by atoms with Gasteiger partial charge >= 0.3 is 0 Å². The molecule has 3 rings (SSSR count). The average molecular weight is 373 g/mol. The Morgan fingerprint density at radius 2 is 1.92 bits per heavy atom. The highest BCUT2D eigenvalue weighted by Crippen LogP contribution is 2.24. The largest absolute Gasteiger partial charge is 0.326 e. The van der Waals surface area contributed by atoms with Gasteiger partial charge in [-0.05, 0) is 49.7 Å². The number of benzene rings is 2. The van der Waals surface area contributed by atoms with Crippen LogP contribution in [-0.2, 0) is 14.8 Å². The summed E-state index contributed by atoms with van der Waals surface area (Å²) >= 11 is 0. The van der Waals surface area contributed by atoms with Crippen molar-refractivity contribution in [2.75, 3.05) is 29.8 Å². The molecule has 1 aliphatic rings. The predicted octanol–water partition coefficient (Wildman–Crippen LogP) is 2.45. The highest BCUT2D eigenvalue weighted by molar-refractivity contribution is 7.92. The van der Waals surface area contributed by atoms with Gasteiger partial charge in [0.1, 0.15) is 0 Å². The molecule has 0 aliphatic carbocycles. The number of carbonyl (C=O) groups is 1. The van der Waals surface area contributed by atoms with Gasteiger partial charge in [-0.25, -0.2) is 8.42 Å². The lowest BCUT2D eigenvalue weighted by molar-refractivity contribution is -0.120. The number of nitrogens with one attached hydrogen (secondary N) is 2. The first-order valence-corrected chi connectivity index (χ1v) is 10.1. The summed E-state index contributed by atoms with van der Waals surface area (Å²) in [4.78, 5) is 12.5. The minimum Gasteiger partial charge on any atom is -0.326 e. The molecule has 1 heterocycles. The molecular weight excluding hydrogens is 350 g/mol. The van der Waals surface area contributed by atoms with Crippen molar-refractivity contribution in [2.24, 2.45) is 5.92 Å². The molecule has 1 aliphatic heterocycles. The fraction of sp³-hybridized carbons (Fsp3) is 0.316. The van der Waals surface area contributed by atoms with E-state index in [-0.39, 0.29) is 16.7 Å². The van der Waals surface area contributed by atoms with Crippen LogP contribution in [0.5, 0.6) is 0 Å². The summed E-state index contributed by atoms with van der Waals surface area (Å²) in [5.74, 6) is -0.167. The van der Waals surface area contributed by atoms with Crippen LogP contribution in [0.3, 0.4) is 0 Å². The number of anilines is 2. The quantitative estimate of drug-likeness (QED) is 0.844. The maximum atomic E-state index is 12.9. The molecule has 6 nitrogen and oxygen atoms in total. The Kier molecular flexibility index (Phi) is 5.58. The molecule has 26 heavy (non-hydrogen) atoms. The SMILES string of the molecule is CN(c1ccccc1)S(=O)(=O)c1cccc(NC(=O)C2CCCNC2)c1. The zero-order valence-electron chi connectivity index (χ0n) is 14.7. The summed E-state index contributed by atoms with van der Waals surface area (Å²) in [5.41, 5.74) is 1.07. The Balaban J connectivity index is 1.79. The van der Waals surface area contributed by atoms with Crippen molar-refractivity contribution >= 4 is 27.3 Å². The maximum absolute atomic E-state index is 12.9. The van der Waals surface area contributed by atoms with Crippen LogP contribution in [0.15, 0.2) is 59.5 Å². The van der Waals surface area contributed by atoms with Crippen molar-refractivity contribution in [1.29, 1.82) is 0 Å². The first kappa shape index (κ1) is 18.4. The van der Waals surface area contributed by atoms with E-state index in [1.54, 1.807) is 36.4 Å². The van der Waals surface area contributed by atoms with Crippen molar-refractivity contribution in [3.63, 3.8) is 0 Å². The monoisotopic (exact) mass is 373 g/mol. The molecule has 2 N–H and O–H groups in total. The van der Waals surface area contributed by atoms with Crippen molar-refractivity contribution in [1.82, 2.24) is 5.32 Å². The summed E-state index contributed by atoms with van der Waals surface area (Å²) in [6.45, 7) is 1.59. The number of sulfonamides is 1. The van der Waals surface area contributed by atoms with Gasteiger partial charge in [0.25, 0.3) is 10.0 Å². The second-order valence-corrected chi connectivity index (χ2v) is 8.34. The molecule has 0 bridgehead atoms. The smallest absolute Gasteiger partial charge is 0.264 e. The number of piperidine rings is 1. The van der Waals surface area contributed by atoms with Crippen LogP contribution in [-0.4, -0.2) is 34.5 Å². The maximum Gasteiger partial charge on any atom is 0.264 e. The van der Waals surface area contributed by atoms with Gasteiger partial charge in [0, 0.05) is 19.3 Å². The molecule has 1 fully saturated rings. The van der Waals surface area contributed by atoms with Gasteiger partial charge in [-0.1, -0.05) is 24.3 Å². The molecule has 7 heteroatoms. The van der Waals surface area contributed by atoms with Gasteiger partial charge in [-0.15, -0.1) is 0 Å². The van der Waals surface area contributed by atoms with Crippen LogP contribution in [0.2, 0.25) is 0 Å². The number of hydrogen-bond acceptors (Lipinski definition) is 4. The number of rotatable bonds is 5. The topological polar surface area (TPSA) is 78.5 Å². The molecule has 2 aromatic rings. The second kappa shape index (κ2) is 7.88. The third-order valence-corrected chi connectivity index (χ3v) is 6.33. The van der Waals surface area contributed by atoms with Crippen LogP contribution < -0.4 is 14.9 Å². The minimum absolute atomic E-state index is 0.0804. The Bertz CT molecular complexity index is 863. The van der Waals surface area contributed by atoms with Gasteiger partial charge in [-0.3, -0.25) is 9.10 Å². The number of carbonyl (C=O) groups excluding carboxylic acids is 1. The van der Waals surface area contributed by atoms with Crippen LogP contribution >= 0.6 is 0 Å². The van der Waals surface area contributed by atoms with E-state index < -0.39 is 10.0 Å². The summed E-state index contributed by atoms with van der Waals surface area (Å²) < 4.78 is 27.0. The van der Waals surface area contributed by atoms with Crippen LogP contribution in [0.4, 0.5) is 11.4 Å². The number of para-hydroxylation sites is 1. The van der Waals surface area contributed by atoms with Crippen molar-refractivity contribution in [3.8, 4) is 0 Å². The van der Waals surface area contributed by atoms with E-state index in [1.807, 2.05) is 6.07 Å². The molecule has 1 amide bonds. The molecule has 2 aromatic carbocycles. The number of amides is 1. The van der Waals surface area contributed by atoms with Crippen molar-refractivity contribution in [3.05, 3.63) is 54.6 Å². The third kappa shape index (κ3) is 4.05. The van der Waals surface area contributed by atoms with E-state index in [0.717, 1.165) is 19.4 Å². The van der Waals surface area contributed by atoms with Gasteiger partial charge < -0.3 is 10.6 Å². The molecule has 138 valence electrons. The Hall–Kier alpha value is -2.38.